The van der Waals surface area contributed by atoms with E-state index in [1.807, 2.05) is 158 Å². The van der Waals surface area contributed by atoms with Crippen LogP contribution in [0.5, 0.6) is 0 Å². The molecule has 0 saturated heterocycles. The Balaban J connectivity index is 1.19. The van der Waals surface area contributed by atoms with E-state index in [-0.39, 0.29) is 22.5 Å². The van der Waals surface area contributed by atoms with Crippen LogP contribution in [-0.2, 0) is 0 Å². The fraction of sp³-hybridized carbons (Fsp3) is 0. The highest BCUT2D eigenvalue weighted by atomic mass is 19.2. The summed E-state index contributed by atoms with van der Waals surface area (Å²) in [6.45, 7) is 0. The average Bonchev–Trinajstić information content (AvgIpc) is 3.92. The van der Waals surface area contributed by atoms with Gasteiger partial charge in [-0.15, -0.1) is 0 Å². The van der Waals surface area contributed by atoms with E-state index in [4.69, 9.17) is 0 Å². The molecule has 5 nitrogen and oxygen atoms in total. The predicted molar refractivity (Wildman–Crippen MR) is 262 cm³/mol. The fourth-order valence-electron chi connectivity index (χ4n) is 9.68. The molecule has 4 heterocycles. The molecule has 69 heavy (non-hydrogen) atoms. The lowest BCUT2D eigenvalue weighted by Crippen LogP contribution is -2.10. The molecule has 0 aliphatic rings. The van der Waals surface area contributed by atoms with Crippen LogP contribution in [0.3, 0.4) is 0 Å². The fourth-order valence-corrected chi connectivity index (χ4v) is 9.68. The number of nitrogens with zero attached hydrogens (tertiary/aromatic N) is 5. The van der Waals surface area contributed by atoms with E-state index >= 15 is 22.0 Å². The Morgan fingerprint density at radius 2 is 0.739 bits per heavy atom. The van der Waals surface area contributed by atoms with Gasteiger partial charge in [-0.2, -0.15) is 5.26 Å². The van der Waals surface area contributed by atoms with Crippen LogP contribution >= 0.6 is 0 Å². The second kappa shape index (κ2) is 16.3. The van der Waals surface area contributed by atoms with E-state index in [2.05, 4.69) is 16.0 Å². The van der Waals surface area contributed by atoms with Gasteiger partial charge in [0, 0.05) is 50.6 Å². The number of para-hydroxylation sites is 2. The molecule has 0 spiro atoms. The Kier molecular flexibility index (Phi) is 9.74. The smallest absolute Gasteiger partial charge is 0.200 e. The number of nitriles is 1. The standard InChI is InChI=1S/C59H32F5N5/c60-55-54(56(61)58(63)59(64)57(55)62)53-51(68-47-17-9-7-15-41(47)43-21-19-37(31-49(43)68)39-23-25-66-45(29-39)35-11-3-1-4-12-35)27-34(33-65)28-52(53)69-48-18-10-8-16-42(48)44-22-20-38(32-50(44)69)40-24-26-67-46(30-40)36-13-5-2-6-14-36/h1-32H. The minimum absolute atomic E-state index is 0.0130. The maximum atomic E-state index is 16.9. The molecule has 0 radical (unpaired) electrons. The number of aromatic nitrogens is 4. The number of hydrogen-bond donors (Lipinski definition) is 0. The van der Waals surface area contributed by atoms with Gasteiger partial charge in [0.05, 0.1) is 62.0 Å². The first-order valence-corrected chi connectivity index (χ1v) is 22.0. The summed E-state index contributed by atoms with van der Waals surface area (Å²) >= 11 is 0. The van der Waals surface area contributed by atoms with Crippen molar-refractivity contribution in [2.24, 2.45) is 0 Å². The van der Waals surface area contributed by atoms with Crippen molar-refractivity contribution in [1.29, 1.82) is 5.26 Å². The van der Waals surface area contributed by atoms with Gasteiger partial charge in [-0.25, -0.2) is 22.0 Å². The van der Waals surface area contributed by atoms with Crippen LogP contribution in [0.1, 0.15) is 5.56 Å². The minimum Gasteiger partial charge on any atom is -0.308 e. The lowest BCUT2D eigenvalue weighted by atomic mass is 9.96. The third-order valence-corrected chi connectivity index (χ3v) is 12.8. The van der Waals surface area contributed by atoms with Crippen molar-refractivity contribution < 1.29 is 22.0 Å². The maximum absolute atomic E-state index is 16.9. The van der Waals surface area contributed by atoms with Crippen molar-refractivity contribution in [3.8, 4) is 73.3 Å². The maximum Gasteiger partial charge on any atom is 0.200 e. The molecule has 0 N–H and O–H groups in total. The van der Waals surface area contributed by atoms with E-state index in [1.54, 1.807) is 33.7 Å². The number of hydrogen-bond acceptors (Lipinski definition) is 3. The van der Waals surface area contributed by atoms with Gasteiger partial charge in [0.1, 0.15) is 0 Å². The molecule has 4 aromatic heterocycles. The van der Waals surface area contributed by atoms with Gasteiger partial charge in [0.2, 0.25) is 5.82 Å². The van der Waals surface area contributed by atoms with Crippen molar-refractivity contribution in [2.45, 2.75) is 0 Å². The average molecular weight is 906 g/mol. The van der Waals surface area contributed by atoms with E-state index < -0.39 is 34.6 Å². The van der Waals surface area contributed by atoms with Gasteiger partial charge in [-0.05, 0) is 82.9 Å². The zero-order valence-electron chi connectivity index (χ0n) is 36.1. The van der Waals surface area contributed by atoms with Crippen LogP contribution in [0, 0.1) is 40.4 Å². The molecule has 0 aliphatic heterocycles. The normalized spacial score (nSPS) is 11.5. The molecular formula is C59H32F5N5. The SMILES string of the molecule is N#Cc1cc(-n2c3ccccc3c3ccc(-c4ccnc(-c5ccccc5)c4)cc32)c(-c2c(F)c(F)c(F)c(F)c2F)c(-n2c3ccccc3c3ccc(-c4ccnc(-c5ccccc5)c4)cc32)c1. The number of fused-ring (bicyclic) bond motifs is 6. The van der Waals surface area contributed by atoms with Crippen molar-refractivity contribution in [3.05, 3.63) is 229 Å². The van der Waals surface area contributed by atoms with Crippen LogP contribution in [0.2, 0.25) is 0 Å². The van der Waals surface area contributed by atoms with Crippen molar-refractivity contribution >= 4 is 43.6 Å². The van der Waals surface area contributed by atoms with E-state index in [9.17, 15) is 5.26 Å². The molecule has 0 saturated carbocycles. The Morgan fingerprint density at radius 3 is 1.19 bits per heavy atom. The summed E-state index contributed by atoms with van der Waals surface area (Å²) in [4.78, 5) is 9.23. The molecule has 328 valence electrons. The zero-order chi connectivity index (χ0) is 46.9. The largest absolute Gasteiger partial charge is 0.308 e. The van der Waals surface area contributed by atoms with Gasteiger partial charge in [0.25, 0.3) is 0 Å². The molecule has 12 aromatic rings. The van der Waals surface area contributed by atoms with E-state index in [1.165, 1.54) is 12.1 Å². The molecule has 12 rings (SSSR count). The van der Waals surface area contributed by atoms with Gasteiger partial charge >= 0.3 is 0 Å². The number of benzene rings is 8. The van der Waals surface area contributed by atoms with Crippen molar-refractivity contribution in [2.75, 3.05) is 0 Å². The first-order chi connectivity index (χ1) is 33.8. The van der Waals surface area contributed by atoms with Gasteiger partial charge in [0.15, 0.2) is 23.3 Å². The molecular weight excluding hydrogens is 874 g/mol. The first-order valence-electron chi connectivity index (χ1n) is 22.0. The lowest BCUT2D eigenvalue weighted by Gasteiger charge is -2.22. The summed E-state index contributed by atoms with van der Waals surface area (Å²) < 4.78 is 83.9. The summed E-state index contributed by atoms with van der Waals surface area (Å²) in [6.07, 6.45) is 3.44. The highest BCUT2D eigenvalue weighted by Crippen LogP contribution is 2.46. The second-order valence-corrected chi connectivity index (χ2v) is 16.7. The zero-order valence-corrected chi connectivity index (χ0v) is 36.1. The summed E-state index contributed by atoms with van der Waals surface area (Å²) in [5, 5.41) is 13.8. The van der Waals surface area contributed by atoms with Crippen LogP contribution in [0.4, 0.5) is 22.0 Å². The minimum atomic E-state index is -2.28. The molecule has 0 aliphatic carbocycles. The van der Waals surface area contributed by atoms with Crippen LogP contribution < -0.4 is 0 Å². The second-order valence-electron chi connectivity index (χ2n) is 16.7. The number of halogens is 5. The molecule has 0 fully saturated rings. The highest BCUT2D eigenvalue weighted by Gasteiger charge is 2.32. The Labute approximate surface area is 390 Å². The third-order valence-electron chi connectivity index (χ3n) is 12.8. The topological polar surface area (TPSA) is 59.4 Å². The van der Waals surface area contributed by atoms with E-state index in [0.29, 0.717) is 22.1 Å². The summed E-state index contributed by atoms with van der Waals surface area (Å²) in [5.74, 6) is -10.5. The van der Waals surface area contributed by atoms with Gasteiger partial charge in [-0.3, -0.25) is 9.97 Å². The van der Waals surface area contributed by atoms with Crippen LogP contribution in [0.15, 0.2) is 194 Å². The molecule has 0 bridgehead atoms. The molecule has 8 aromatic carbocycles. The Bertz CT molecular complexity index is 3850. The van der Waals surface area contributed by atoms with Gasteiger partial charge in [-0.1, -0.05) is 121 Å². The van der Waals surface area contributed by atoms with Crippen LogP contribution in [0.25, 0.3) is 111 Å². The third kappa shape index (κ3) is 6.66. The van der Waals surface area contributed by atoms with E-state index in [0.717, 1.165) is 66.3 Å². The molecule has 0 atom stereocenters. The lowest BCUT2D eigenvalue weighted by molar-refractivity contribution is 0.381. The van der Waals surface area contributed by atoms with Crippen LogP contribution in [-0.4, -0.2) is 19.1 Å². The summed E-state index contributed by atoms with van der Waals surface area (Å²) in [5.41, 5.74) is 7.33. The van der Waals surface area contributed by atoms with Crippen molar-refractivity contribution in [3.63, 3.8) is 0 Å². The molecule has 0 unspecified atom stereocenters. The first kappa shape index (κ1) is 41.2. The monoisotopic (exact) mass is 905 g/mol. The number of rotatable bonds is 7. The molecule has 0 amide bonds. The summed E-state index contributed by atoms with van der Waals surface area (Å²) in [6, 6.07) is 58.7. The predicted octanol–water partition coefficient (Wildman–Crippen LogP) is 15.6. The quantitative estimate of drug-likeness (QED) is 0.0909. The Hall–Kier alpha value is -9.20. The highest BCUT2D eigenvalue weighted by molar-refractivity contribution is 6.13. The van der Waals surface area contributed by atoms with Gasteiger partial charge < -0.3 is 9.13 Å². The number of pyridine rings is 2. The summed E-state index contributed by atoms with van der Waals surface area (Å²) in [7, 11) is 0. The Morgan fingerprint density at radius 1 is 0.348 bits per heavy atom. The molecule has 10 heteroatoms. The van der Waals surface area contributed by atoms with Crippen molar-refractivity contribution in [1.82, 2.24) is 19.1 Å².